The monoisotopic (exact) mass is 345 g/mol. The summed E-state index contributed by atoms with van der Waals surface area (Å²) in [4.78, 5) is 0. The Labute approximate surface area is 131 Å². The average Bonchev–Trinajstić information content (AvgIpc) is 2.83. The number of fused-ring (bicyclic) bond motifs is 1. The Kier molecular flexibility index (Phi) is 3.74. The first-order chi connectivity index (χ1) is 10.1. The Bertz CT molecular complexity index is 777. The molecule has 1 unspecified atom stereocenters. The van der Waals surface area contributed by atoms with Gasteiger partial charge in [-0.2, -0.15) is 0 Å². The van der Waals surface area contributed by atoms with Gasteiger partial charge < -0.3 is 14.9 Å². The van der Waals surface area contributed by atoms with Gasteiger partial charge in [0, 0.05) is 21.5 Å². The molecule has 0 amide bonds. The molecule has 0 aliphatic heterocycles. The van der Waals surface area contributed by atoms with Crippen molar-refractivity contribution in [2.75, 3.05) is 7.11 Å². The van der Waals surface area contributed by atoms with Crippen molar-refractivity contribution < 1.29 is 9.15 Å². The maximum atomic E-state index is 6.36. The second-order valence-corrected chi connectivity index (χ2v) is 5.90. The first-order valence-corrected chi connectivity index (χ1v) is 7.47. The zero-order valence-corrected chi connectivity index (χ0v) is 13.5. The zero-order chi connectivity index (χ0) is 15.0. The molecule has 0 aliphatic rings. The second-order valence-electron chi connectivity index (χ2n) is 4.98. The van der Waals surface area contributed by atoms with E-state index in [4.69, 9.17) is 14.9 Å². The molecule has 21 heavy (non-hydrogen) atoms. The fourth-order valence-corrected chi connectivity index (χ4v) is 2.73. The Morgan fingerprint density at radius 2 is 1.86 bits per heavy atom. The minimum atomic E-state index is -0.281. The van der Waals surface area contributed by atoms with E-state index in [1.807, 2.05) is 49.4 Å². The third-order valence-corrected chi connectivity index (χ3v) is 4.22. The molecule has 3 rings (SSSR count). The van der Waals surface area contributed by atoms with Crippen molar-refractivity contribution in [3.63, 3.8) is 0 Å². The van der Waals surface area contributed by atoms with Crippen molar-refractivity contribution in [3.8, 4) is 5.75 Å². The number of hydrogen-bond acceptors (Lipinski definition) is 3. The number of hydrogen-bond donors (Lipinski definition) is 1. The average molecular weight is 346 g/mol. The molecule has 1 aromatic heterocycles. The number of ether oxygens (including phenoxy) is 1. The number of halogens is 1. The summed E-state index contributed by atoms with van der Waals surface area (Å²) in [6.45, 7) is 2.03. The van der Waals surface area contributed by atoms with Crippen LogP contribution in [0, 0.1) is 6.92 Å². The van der Waals surface area contributed by atoms with Gasteiger partial charge in [0.25, 0.3) is 0 Å². The van der Waals surface area contributed by atoms with E-state index in [2.05, 4.69) is 15.9 Å². The summed E-state index contributed by atoms with van der Waals surface area (Å²) < 4.78 is 12.2. The topological polar surface area (TPSA) is 48.4 Å². The van der Waals surface area contributed by atoms with E-state index in [9.17, 15) is 0 Å². The maximum Gasteiger partial charge on any atom is 0.138 e. The van der Waals surface area contributed by atoms with Crippen molar-refractivity contribution in [1.82, 2.24) is 0 Å². The van der Waals surface area contributed by atoms with Gasteiger partial charge in [0.15, 0.2) is 0 Å². The molecule has 0 spiro atoms. The maximum absolute atomic E-state index is 6.36. The number of methoxy groups -OCH3 is 1. The molecule has 2 N–H and O–H groups in total. The van der Waals surface area contributed by atoms with Gasteiger partial charge in [-0.15, -0.1) is 0 Å². The van der Waals surface area contributed by atoms with Gasteiger partial charge in [-0.25, -0.2) is 0 Å². The third kappa shape index (κ3) is 2.57. The molecule has 1 heterocycles. The van der Waals surface area contributed by atoms with Crippen LogP contribution in [0.25, 0.3) is 11.0 Å². The molecule has 3 nitrogen and oxygen atoms in total. The Hall–Kier alpha value is -1.78. The van der Waals surface area contributed by atoms with Crippen LogP contribution < -0.4 is 10.5 Å². The summed E-state index contributed by atoms with van der Waals surface area (Å²) in [6, 6.07) is 13.5. The predicted molar refractivity (Wildman–Crippen MR) is 87.7 cm³/mol. The summed E-state index contributed by atoms with van der Waals surface area (Å²) in [5, 5.41) is 1.07. The molecule has 4 heteroatoms. The highest BCUT2D eigenvalue weighted by atomic mass is 79.9. The van der Waals surface area contributed by atoms with Gasteiger partial charge in [-0.3, -0.25) is 0 Å². The van der Waals surface area contributed by atoms with Crippen molar-refractivity contribution in [3.05, 3.63) is 63.8 Å². The zero-order valence-electron chi connectivity index (χ0n) is 11.9. The SMILES string of the molecule is COc1ccc2c(C)c(C(N)c3ccc(Br)cc3)oc2c1. The van der Waals surface area contributed by atoms with Gasteiger partial charge in [-0.1, -0.05) is 28.1 Å². The molecule has 0 saturated carbocycles. The van der Waals surface area contributed by atoms with Crippen LogP contribution in [-0.4, -0.2) is 7.11 Å². The molecular weight excluding hydrogens is 330 g/mol. The smallest absolute Gasteiger partial charge is 0.138 e. The lowest BCUT2D eigenvalue weighted by atomic mass is 10.0. The molecular formula is C17H16BrNO2. The molecule has 1 atom stereocenters. The fraction of sp³-hybridized carbons (Fsp3) is 0.176. The molecule has 0 radical (unpaired) electrons. The van der Waals surface area contributed by atoms with Gasteiger partial charge in [0.1, 0.15) is 17.1 Å². The fourth-order valence-electron chi connectivity index (χ4n) is 2.47. The lowest BCUT2D eigenvalue weighted by molar-refractivity contribution is 0.414. The van der Waals surface area contributed by atoms with Crippen molar-refractivity contribution in [2.45, 2.75) is 13.0 Å². The van der Waals surface area contributed by atoms with Crippen molar-refractivity contribution in [1.29, 1.82) is 0 Å². The van der Waals surface area contributed by atoms with Crippen molar-refractivity contribution >= 4 is 26.9 Å². The highest BCUT2D eigenvalue weighted by Gasteiger charge is 2.19. The van der Waals surface area contributed by atoms with Crippen LogP contribution in [0.3, 0.4) is 0 Å². The van der Waals surface area contributed by atoms with Crippen LogP contribution in [0.15, 0.2) is 51.4 Å². The number of furan rings is 1. The quantitative estimate of drug-likeness (QED) is 0.756. The normalized spacial score (nSPS) is 12.6. The molecule has 0 saturated heterocycles. The second kappa shape index (κ2) is 5.54. The van der Waals surface area contributed by atoms with E-state index in [1.165, 1.54) is 0 Å². The van der Waals surface area contributed by atoms with E-state index in [-0.39, 0.29) is 6.04 Å². The van der Waals surface area contributed by atoms with Crippen LogP contribution >= 0.6 is 15.9 Å². The molecule has 0 aliphatic carbocycles. The Morgan fingerprint density at radius 1 is 1.14 bits per heavy atom. The summed E-state index contributed by atoms with van der Waals surface area (Å²) in [5.41, 5.74) is 9.25. The Balaban J connectivity index is 2.07. The van der Waals surface area contributed by atoms with Crippen molar-refractivity contribution in [2.24, 2.45) is 5.73 Å². The standard InChI is InChI=1S/C17H16BrNO2/c1-10-14-8-7-13(20-2)9-15(14)21-17(10)16(19)11-3-5-12(18)6-4-11/h3-9,16H,19H2,1-2H3. The van der Waals surface area contributed by atoms with Crippen LogP contribution in [0.1, 0.15) is 22.9 Å². The lowest BCUT2D eigenvalue weighted by Crippen LogP contribution is -2.11. The Morgan fingerprint density at radius 3 is 2.52 bits per heavy atom. The third-order valence-electron chi connectivity index (χ3n) is 3.69. The summed E-state index contributed by atoms with van der Waals surface area (Å²) in [7, 11) is 1.64. The van der Waals surface area contributed by atoms with E-state index in [1.54, 1.807) is 7.11 Å². The summed E-state index contributed by atoms with van der Waals surface area (Å²) in [5.74, 6) is 1.57. The predicted octanol–water partition coefficient (Wildman–Crippen LogP) is 4.56. The van der Waals surface area contributed by atoms with E-state index in [0.29, 0.717) is 0 Å². The minimum absolute atomic E-state index is 0.281. The number of benzene rings is 2. The lowest BCUT2D eigenvalue weighted by Gasteiger charge is -2.10. The van der Waals surface area contributed by atoms with Gasteiger partial charge >= 0.3 is 0 Å². The number of nitrogens with two attached hydrogens (primary N) is 1. The van der Waals surface area contributed by atoms with Gasteiger partial charge in [0.2, 0.25) is 0 Å². The number of rotatable bonds is 3. The molecule has 108 valence electrons. The summed E-state index contributed by atoms with van der Waals surface area (Å²) in [6.07, 6.45) is 0. The molecule has 0 bridgehead atoms. The molecule has 3 aromatic rings. The highest BCUT2D eigenvalue weighted by Crippen LogP contribution is 2.33. The van der Waals surface area contributed by atoms with Crippen LogP contribution in [0.5, 0.6) is 5.75 Å². The van der Waals surface area contributed by atoms with Crippen LogP contribution in [0.2, 0.25) is 0 Å². The minimum Gasteiger partial charge on any atom is -0.497 e. The van der Waals surface area contributed by atoms with E-state index < -0.39 is 0 Å². The van der Waals surface area contributed by atoms with Gasteiger partial charge in [-0.05, 0) is 36.8 Å². The number of aryl methyl sites for hydroxylation is 1. The van der Waals surface area contributed by atoms with Gasteiger partial charge in [0.05, 0.1) is 13.2 Å². The first kappa shape index (κ1) is 14.2. The van der Waals surface area contributed by atoms with E-state index in [0.717, 1.165) is 38.1 Å². The van der Waals surface area contributed by atoms with Crippen LogP contribution in [0.4, 0.5) is 0 Å². The first-order valence-electron chi connectivity index (χ1n) is 6.68. The summed E-state index contributed by atoms with van der Waals surface area (Å²) >= 11 is 3.43. The van der Waals surface area contributed by atoms with Crippen LogP contribution in [-0.2, 0) is 0 Å². The molecule has 2 aromatic carbocycles. The van der Waals surface area contributed by atoms with E-state index >= 15 is 0 Å². The largest absolute Gasteiger partial charge is 0.497 e. The molecule has 0 fully saturated rings. The highest BCUT2D eigenvalue weighted by molar-refractivity contribution is 9.10.